The highest BCUT2D eigenvalue weighted by molar-refractivity contribution is 6.10. The van der Waals surface area contributed by atoms with E-state index < -0.39 is 0 Å². The molecule has 2 N–H and O–H groups in total. The lowest BCUT2D eigenvalue weighted by atomic mass is 10.1. The summed E-state index contributed by atoms with van der Waals surface area (Å²) in [7, 11) is 4.54. The van der Waals surface area contributed by atoms with Gasteiger partial charge in [-0.25, -0.2) is 4.99 Å². The first-order valence-electron chi connectivity index (χ1n) is 10.6. The number of carbonyl (C=O) groups excluding carboxylic acids is 1. The molecule has 1 unspecified atom stereocenters. The van der Waals surface area contributed by atoms with Crippen LogP contribution in [0.5, 0.6) is 17.2 Å². The van der Waals surface area contributed by atoms with Gasteiger partial charge in [-0.1, -0.05) is 12.1 Å². The summed E-state index contributed by atoms with van der Waals surface area (Å²) in [6, 6.07) is 9.16. The van der Waals surface area contributed by atoms with Crippen molar-refractivity contribution in [3.8, 4) is 17.2 Å². The van der Waals surface area contributed by atoms with Gasteiger partial charge in [0.15, 0.2) is 11.5 Å². The molecule has 1 amide bonds. The van der Waals surface area contributed by atoms with Gasteiger partial charge in [-0.15, -0.1) is 0 Å². The van der Waals surface area contributed by atoms with Gasteiger partial charge in [0.1, 0.15) is 0 Å². The smallest absolute Gasteiger partial charge is 0.258 e. The fourth-order valence-electron chi connectivity index (χ4n) is 3.50. The lowest BCUT2D eigenvalue weighted by molar-refractivity contribution is 0.0974. The molecule has 0 spiro atoms. The van der Waals surface area contributed by atoms with E-state index in [2.05, 4.69) is 15.6 Å². The van der Waals surface area contributed by atoms with Crippen LogP contribution < -0.4 is 24.8 Å². The average molecular weight is 442 g/mol. The monoisotopic (exact) mass is 441 g/mol. The molecule has 3 rings (SSSR count). The second kappa shape index (κ2) is 10.9. The van der Waals surface area contributed by atoms with Crippen LogP contribution in [-0.4, -0.2) is 52.5 Å². The maximum Gasteiger partial charge on any atom is 0.258 e. The van der Waals surface area contributed by atoms with Crippen LogP contribution in [0.3, 0.4) is 0 Å². The normalized spacial score (nSPS) is 15.9. The van der Waals surface area contributed by atoms with Crippen molar-refractivity contribution in [3.05, 3.63) is 47.0 Å². The minimum Gasteiger partial charge on any atom is -0.493 e. The molecular weight excluding hydrogens is 410 g/mol. The van der Waals surface area contributed by atoms with E-state index in [1.54, 1.807) is 12.1 Å². The number of anilines is 1. The minimum absolute atomic E-state index is 0.0588. The Bertz CT molecular complexity index is 959. The maximum absolute atomic E-state index is 13.1. The molecule has 1 fully saturated rings. The predicted octanol–water partition coefficient (Wildman–Crippen LogP) is 3.71. The Morgan fingerprint density at radius 3 is 2.44 bits per heavy atom. The Balaban J connectivity index is 1.87. The summed E-state index contributed by atoms with van der Waals surface area (Å²) >= 11 is 0. The van der Waals surface area contributed by atoms with E-state index >= 15 is 0 Å². The summed E-state index contributed by atoms with van der Waals surface area (Å²) in [4.78, 5) is 17.7. The Kier molecular flexibility index (Phi) is 7.94. The van der Waals surface area contributed by atoms with Crippen LogP contribution in [0, 0.1) is 13.8 Å². The van der Waals surface area contributed by atoms with Crippen LogP contribution in [0.4, 0.5) is 5.69 Å². The molecule has 1 atom stereocenters. The van der Waals surface area contributed by atoms with Crippen molar-refractivity contribution in [2.45, 2.75) is 32.8 Å². The van der Waals surface area contributed by atoms with Crippen LogP contribution >= 0.6 is 0 Å². The zero-order valence-electron chi connectivity index (χ0n) is 19.3. The van der Waals surface area contributed by atoms with Crippen molar-refractivity contribution in [2.75, 3.05) is 39.8 Å². The molecular formula is C24H31N3O5. The number of hydrogen-bond donors (Lipinski definition) is 2. The Labute approximate surface area is 188 Å². The average Bonchev–Trinajstić information content (AvgIpc) is 3.33. The SMILES string of the molecule is COc1cc(C(=O)NC(=NCC2CCCO2)Nc2cccc(C)c2C)cc(OC)c1OC. The van der Waals surface area contributed by atoms with Crippen LogP contribution in [0.1, 0.15) is 34.3 Å². The zero-order valence-corrected chi connectivity index (χ0v) is 19.3. The molecule has 2 aromatic rings. The van der Waals surface area contributed by atoms with Gasteiger partial charge in [0, 0.05) is 17.9 Å². The van der Waals surface area contributed by atoms with E-state index in [1.165, 1.54) is 21.3 Å². The highest BCUT2D eigenvalue weighted by Gasteiger charge is 2.19. The highest BCUT2D eigenvalue weighted by Crippen LogP contribution is 2.38. The summed E-state index contributed by atoms with van der Waals surface area (Å²) in [5.41, 5.74) is 3.46. The maximum atomic E-state index is 13.1. The van der Waals surface area contributed by atoms with E-state index in [-0.39, 0.29) is 12.0 Å². The third-order valence-corrected chi connectivity index (χ3v) is 5.49. The number of aliphatic imine (C=N–C) groups is 1. The number of hydrogen-bond acceptors (Lipinski definition) is 6. The predicted molar refractivity (Wildman–Crippen MR) is 124 cm³/mol. The third kappa shape index (κ3) is 5.50. The number of nitrogens with one attached hydrogen (secondary N) is 2. The van der Waals surface area contributed by atoms with Gasteiger partial charge in [0.2, 0.25) is 11.7 Å². The molecule has 0 radical (unpaired) electrons. The molecule has 0 aliphatic carbocycles. The molecule has 172 valence electrons. The third-order valence-electron chi connectivity index (χ3n) is 5.49. The molecule has 0 saturated carbocycles. The summed E-state index contributed by atoms with van der Waals surface area (Å²) in [5.74, 6) is 1.23. The number of carbonyl (C=O) groups is 1. The lowest BCUT2D eigenvalue weighted by Gasteiger charge is -2.17. The first-order chi connectivity index (χ1) is 15.5. The Morgan fingerprint density at radius 2 is 1.84 bits per heavy atom. The van der Waals surface area contributed by atoms with Crippen molar-refractivity contribution in [1.82, 2.24) is 5.32 Å². The number of benzene rings is 2. The van der Waals surface area contributed by atoms with Crippen molar-refractivity contribution in [1.29, 1.82) is 0 Å². The summed E-state index contributed by atoms with van der Waals surface area (Å²) in [5, 5.41) is 6.15. The number of rotatable bonds is 7. The number of guanidine groups is 1. The summed E-state index contributed by atoms with van der Waals surface area (Å²) in [6.45, 7) is 5.27. The van der Waals surface area contributed by atoms with Crippen molar-refractivity contribution in [3.63, 3.8) is 0 Å². The molecule has 1 heterocycles. The van der Waals surface area contributed by atoms with Crippen molar-refractivity contribution < 1.29 is 23.7 Å². The van der Waals surface area contributed by atoms with Gasteiger partial charge in [0.05, 0.1) is 34.0 Å². The first-order valence-corrected chi connectivity index (χ1v) is 10.6. The number of nitrogens with zero attached hydrogens (tertiary/aromatic N) is 1. The van der Waals surface area contributed by atoms with Crippen molar-refractivity contribution >= 4 is 17.6 Å². The fraction of sp³-hybridized carbons (Fsp3) is 0.417. The molecule has 1 aliphatic heterocycles. The Hall–Kier alpha value is -3.26. The van der Waals surface area contributed by atoms with Crippen molar-refractivity contribution in [2.24, 2.45) is 4.99 Å². The van der Waals surface area contributed by atoms with Crippen LogP contribution in [0.2, 0.25) is 0 Å². The van der Waals surface area contributed by atoms with Gasteiger partial charge < -0.3 is 24.3 Å². The molecule has 1 aliphatic rings. The number of ether oxygens (including phenoxy) is 4. The van der Waals surface area contributed by atoms with E-state index in [1.807, 2.05) is 32.0 Å². The quantitative estimate of drug-likeness (QED) is 0.503. The summed E-state index contributed by atoms with van der Waals surface area (Å²) in [6.07, 6.45) is 2.04. The van der Waals surface area contributed by atoms with Gasteiger partial charge >= 0.3 is 0 Å². The first kappa shape index (κ1) is 23.4. The van der Waals surface area contributed by atoms with E-state index in [4.69, 9.17) is 18.9 Å². The standard InChI is InChI=1S/C24H31N3O5/c1-15-8-6-10-19(16(15)2)26-24(25-14-18-9-7-11-32-18)27-23(28)17-12-20(29-3)22(31-5)21(13-17)30-4/h6,8,10,12-13,18H,7,9,11,14H2,1-5H3,(H2,25,26,27,28). The Morgan fingerprint density at radius 1 is 1.12 bits per heavy atom. The van der Waals surface area contributed by atoms with Gasteiger partial charge in [0.25, 0.3) is 5.91 Å². The van der Waals surface area contributed by atoms with Gasteiger partial charge in [-0.2, -0.15) is 0 Å². The minimum atomic E-state index is -0.354. The second-order valence-electron chi connectivity index (χ2n) is 7.56. The van der Waals surface area contributed by atoms with Gasteiger partial charge in [-0.05, 0) is 56.0 Å². The van der Waals surface area contributed by atoms with E-state index in [9.17, 15) is 4.79 Å². The van der Waals surface area contributed by atoms with Gasteiger partial charge in [-0.3, -0.25) is 10.1 Å². The number of amides is 1. The number of methoxy groups -OCH3 is 3. The zero-order chi connectivity index (χ0) is 23.1. The second-order valence-corrected chi connectivity index (χ2v) is 7.56. The fourth-order valence-corrected chi connectivity index (χ4v) is 3.50. The van der Waals surface area contributed by atoms with E-state index in [0.717, 1.165) is 36.3 Å². The topological polar surface area (TPSA) is 90.4 Å². The molecule has 0 bridgehead atoms. The largest absolute Gasteiger partial charge is 0.493 e. The molecule has 1 saturated heterocycles. The molecule has 2 aromatic carbocycles. The molecule has 0 aromatic heterocycles. The number of aryl methyl sites for hydroxylation is 1. The molecule has 8 nitrogen and oxygen atoms in total. The summed E-state index contributed by atoms with van der Waals surface area (Å²) < 4.78 is 21.8. The van der Waals surface area contributed by atoms with Crippen LogP contribution in [0.25, 0.3) is 0 Å². The lowest BCUT2D eigenvalue weighted by Crippen LogP contribution is -2.37. The molecule has 32 heavy (non-hydrogen) atoms. The van der Waals surface area contributed by atoms with Crippen LogP contribution in [-0.2, 0) is 4.74 Å². The van der Waals surface area contributed by atoms with Crippen LogP contribution in [0.15, 0.2) is 35.3 Å². The highest BCUT2D eigenvalue weighted by atomic mass is 16.5. The van der Waals surface area contributed by atoms with E-state index in [0.29, 0.717) is 35.3 Å². The molecule has 8 heteroatoms.